The molecule has 0 aliphatic rings. The Labute approximate surface area is 144 Å². The molecule has 2 aromatic rings. The number of benzene rings is 2. The summed E-state index contributed by atoms with van der Waals surface area (Å²) in [5, 5.41) is 10.8. The van der Waals surface area contributed by atoms with Crippen molar-refractivity contribution in [1.29, 1.82) is 5.26 Å². The second-order valence-electron chi connectivity index (χ2n) is 5.93. The number of nitrogens with zero attached hydrogens (tertiary/aromatic N) is 1. The van der Waals surface area contributed by atoms with E-state index in [2.05, 4.69) is 48.7 Å². The van der Waals surface area contributed by atoms with E-state index in [1.807, 2.05) is 12.1 Å². The standard InChI is InChI=1S/C21H25NS/c1-2-3-4-5-6-7-8-18-9-11-19(12-10-18)20-13-15-21(16-14-20)23-17-22/h9-16H,2-8H2,1H3. The van der Waals surface area contributed by atoms with Crippen LogP contribution in [0.5, 0.6) is 0 Å². The maximum absolute atomic E-state index is 8.68. The van der Waals surface area contributed by atoms with E-state index in [1.165, 1.54) is 73.4 Å². The molecule has 2 aromatic carbocycles. The fourth-order valence-corrected chi connectivity index (χ4v) is 3.12. The Morgan fingerprint density at radius 2 is 1.35 bits per heavy atom. The predicted molar refractivity (Wildman–Crippen MR) is 100 cm³/mol. The molecule has 0 N–H and O–H groups in total. The van der Waals surface area contributed by atoms with Crippen LogP contribution in [0.4, 0.5) is 0 Å². The van der Waals surface area contributed by atoms with Gasteiger partial charge >= 0.3 is 0 Å². The molecule has 2 rings (SSSR count). The normalized spacial score (nSPS) is 10.4. The zero-order chi connectivity index (χ0) is 16.3. The van der Waals surface area contributed by atoms with Crippen LogP contribution in [0.15, 0.2) is 53.4 Å². The lowest BCUT2D eigenvalue weighted by Gasteiger charge is -2.05. The first-order chi connectivity index (χ1) is 11.3. The Hall–Kier alpha value is -1.72. The van der Waals surface area contributed by atoms with Crippen LogP contribution in [0.1, 0.15) is 51.0 Å². The van der Waals surface area contributed by atoms with Crippen LogP contribution < -0.4 is 0 Å². The zero-order valence-electron chi connectivity index (χ0n) is 13.9. The molecule has 0 aliphatic heterocycles. The summed E-state index contributed by atoms with van der Waals surface area (Å²) in [5.41, 5.74) is 3.88. The molecular weight excluding hydrogens is 298 g/mol. The number of hydrogen-bond acceptors (Lipinski definition) is 2. The number of nitriles is 1. The lowest BCUT2D eigenvalue weighted by atomic mass is 10.0. The largest absolute Gasteiger partial charge is 0.185 e. The minimum atomic E-state index is 0.996. The molecule has 0 aliphatic carbocycles. The van der Waals surface area contributed by atoms with Gasteiger partial charge in [-0.3, -0.25) is 0 Å². The molecule has 1 nitrogen and oxygen atoms in total. The molecule has 2 heteroatoms. The average molecular weight is 324 g/mol. The maximum atomic E-state index is 8.68. The first-order valence-corrected chi connectivity index (χ1v) is 9.40. The fourth-order valence-electron chi connectivity index (χ4n) is 2.74. The number of thiocyanates is 1. The summed E-state index contributed by atoms with van der Waals surface area (Å²) in [6.07, 6.45) is 9.28. The van der Waals surface area contributed by atoms with Gasteiger partial charge in [0.05, 0.1) is 0 Å². The maximum Gasteiger partial charge on any atom is 0.138 e. The summed E-state index contributed by atoms with van der Waals surface area (Å²) in [5.74, 6) is 0. The first-order valence-electron chi connectivity index (χ1n) is 8.59. The van der Waals surface area contributed by atoms with Crippen LogP contribution in [0.25, 0.3) is 11.1 Å². The molecule has 0 radical (unpaired) electrons. The number of thioether (sulfide) groups is 1. The van der Waals surface area contributed by atoms with Gasteiger partial charge in [0.15, 0.2) is 0 Å². The van der Waals surface area contributed by atoms with Gasteiger partial charge in [0.25, 0.3) is 0 Å². The van der Waals surface area contributed by atoms with Crippen LogP contribution in [0.2, 0.25) is 0 Å². The Morgan fingerprint density at radius 1 is 0.783 bits per heavy atom. The molecule has 0 spiro atoms. The Bertz CT molecular complexity index is 608. The summed E-state index contributed by atoms with van der Waals surface area (Å²) < 4.78 is 0. The van der Waals surface area contributed by atoms with Gasteiger partial charge < -0.3 is 0 Å². The van der Waals surface area contributed by atoms with Crippen molar-refractivity contribution in [3.8, 4) is 16.5 Å². The average Bonchev–Trinajstić information content (AvgIpc) is 2.60. The number of hydrogen-bond donors (Lipinski definition) is 0. The highest BCUT2D eigenvalue weighted by molar-refractivity contribution is 8.03. The van der Waals surface area contributed by atoms with Gasteiger partial charge in [-0.05, 0) is 53.4 Å². The Balaban J connectivity index is 1.83. The monoisotopic (exact) mass is 323 g/mol. The van der Waals surface area contributed by atoms with E-state index in [1.54, 1.807) is 0 Å². The summed E-state index contributed by atoms with van der Waals surface area (Å²) in [4.78, 5) is 0.996. The number of aryl methyl sites for hydroxylation is 1. The lowest BCUT2D eigenvalue weighted by Crippen LogP contribution is -1.87. The second kappa shape index (κ2) is 10.1. The van der Waals surface area contributed by atoms with E-state index < -0.39 is 0 Å². The van der Waals surface area contributed by atoms with Gasteiger partial charge in [0.2, 0.25) is 0 Å². The smallest absolute Gasteiger partial charge is 0.138 e. The van der Waals surface area contributed by atoms with Crippen LogP contribution in [-0.4, -0.2) is 0 Å². The van der Waals surface area contributed by atoms with E-state index in [9.17, 15) is 0 Å². The van der Waals surface area contributed by atoms with Gasteiger partial charge in [-0.25, -0.2) is 0 Å². The third-order valence-corrected chi connectivity index (χ3v) is 4.72. The van der Waals surface area contributed by atoms with E-state index in [-0.39, 0.29) is 0 Å². The number of unbranched alkanes of at least 4 members (excludes halogenated alkanes) is 5. The van der Waals surface area contributed by atoms with Crippen LogP contribution in [-0.2, 0) is 6.42 Å². The van der Waals surface area contributed by atoms with Crippen molar-refractivity contribution >= 4 is 11.8 Å². The molecular formula is C21H25NS. The molecule has 0 aromatic heterocycles. The molecule has 0 amide bonds. The van der Waals surface area contributed by atoms with E-state index >= 15 is 0 Å². The summed E-state index contributed by atoms with van der Waals surface area (Å²) >= 11 is 1.20. The molecule has 0 atom stereocenters. The fraction of sp³-hybridized carbons (Fsp3) is 0.381. The first kappa shape index (κ1) is 17.6. The minimum Gasteiger partial charge on any atom is -0.185 e. The third kappa shape index (κ3) is 6.12. The highest BCUT2D eigenvalue weighted by atomic mass is 32.2. The summed E-state index contributed by atoms with van der Waals surface area (Å²) in [7, 11) is 0. The summed E-state index contributed by atoms with van der Waals surface area (Å²) in [6, 6.07) is 17.1. The SMILES string of the molecule is CCCCCCCCc1ccc(-c2ccc(SC#N)cc2)cc1. The van der Waals surface area contributed by atoms with Crippen molar-refractivity contribution in [1.82, 2.24) is 0 Å². The highest BCUT2D eigenvalue weighted by Crippen LogP contribution is 2.24. The molecule has 0 saturated heterocycles. The molecule has 0 bridgehead atoms. The van der Waals surface area contributed by atoms with Crippen molar-refractivity contribution in [3.05, 3.63) is 54.1 Å². The van der Waals surface area contributed by atoms with Crippen LogP contribution >= 0.6 is 11.8 Å². The van der Waals surface area contributed by atoms with Crippen molar-refractivity contribution < 1.29 is 0 Å². The molecule has 0 unspecified atom stereocenters. The zero-order valence-corrected chi connectivity index (χ0v) is 14.7. The van der Waals surface area contributed by atoms with Gasteiger partial charge in [-0.15, -0.1) is 0 Å². The van der Waals surface area contributed by atoms with Crippen LogP contribution in [0, 0.1) is 10.7 Å². The van der Waals surface area contributed by atoms with Gasteiger partial charge in [-0.1, -0.05) is 75.4 Å². The van der Waals surface area contributed by atoms with E-state index in [0.717, 1.165) is 4.90 Å². The van der Waals surface area contributed by atoms with Crippen molar-refractivity contribution in [2.24, 2.45) is 0 Å². The van der Waals surface area contributed by atoms with Crippen molar-refractivity contribution in [2.45, 2.75) is 56.8 Å². The molecule has 0 heterocycles. The number of rotatable bonds is 9. The summed E-state index contributed by atoms with van der Waals surface area (Å²) in [6.45, 7) is 2.26. The Kier molecular flexibility index (Phi) is 7.77. The minimum absolute atomic E-state index is 0.996. The highest BCUT2D eigenvalue weighted by Gasteiger charge is 2.00. The molecule has 0 saturated carbocycles. The van der Waals surface area contributed by atoms with E-state index in [0.29, 0.717) is 0 Å². The topological polar surface area (TPSA) is 23.8 Å². The lowest BCUT2D eigenvalue weighted by molar-refractivity contribution is 0.607. The Morgan fingerprint density at radius 3 is 1.96 bits per heavy atom. The third-order valence-electron chi connectivity index (χ3n) is 4.12. The van der Waals surface area contributed by atoms with Gasteiger partial charge in [0, 0.05) is 4.90 Å². The second-order valence-corrected chi connectivity index (χ2v) is 6.79. The van der Waals surface area contributed by atoms with Crippen molar-refractivity contribution in [2.75, 3.05) is 0 Å². The quantitative estimate of drug-likeness (QED) is 0.287. The predicted octanol–water partition coefficient (Wildman–Crippen LogP) is 6.83. The van der Waals surface area contributed by atoms with Gasteiger partial charge in [-0.2, -0.15) is 5.26 Å². The van der Waals surface area contributed by atoms with Gasteiger partial charge in [0.1, 0.15) is 5.40 Å². The molecule has 23 heavy (non-hydrogen) atoms. The van der Waals surface area contributed by atoms with Crippen molar-refractivity contribution in [3.63, 3.8) is 0 Å². The van der Waals surface area contributed by atoms with E-state index in [4.69, 9.17) is 5.26 Å². The molecule has 120 valence electrons. The van der Waals surface area contributed by atoms with Crippen LogP contribution in [0.3, 0.4) is 0 Å². The molecule has 0 fully saturated rings.